The molecule has 0 unspecified atom stereocenters. The molecule has 0 spiro atoms. The van der Waals surface area contributed by atoms with Crippen molar-refractivity contribution in [3.63, 3.8) is 0 Å². The summed E-state index contributed by atoms with van der Waals surface area (Å²) in [6.07, 6.45) is 0.625. The normalized spacial score (nSPS) is 11.5. The van der Waals surface area contributed by atoms with Gasteiger partial charge in [-0.1, -0.05) is 34.5 Å². The summed E-state index contributed by atoms with van der Waals surface area (Å²) in [7, 11) is -3.00. The molecule has 1 aromatic carbocycles. The predicted molar refractivity (Wildman–Crippen MR) is 73.6 cm³/mol. The van der Waals surface area contributed by atoms with Crippen molar-refractivity contribution in [1.82, 2.24) is 0 Å². The summed E-state index contributed by atoms with van der Waals surface area (Å²) in [6.45, 7) is 1.96. The van der Waals surface area contributed by atoms with Gasteiger partial charge in [-0.3, -0.25) is 0 Å². The molecule has 6 heteroatoms. The number of sulfone groups is 1. The Bertz CT molecular complexity index is 474. The van der Waals surface area contributed by atoms with Crippen molar-refractivity contribution < 1.29 is 13.2 Å². The maximum absolute atomic E-state index is 11.5. The summed E-state index contributed by atoms with van der Waals surface area (Å²) in [5, 5.41) is 0.473. The summed E-state index contributed by atoms with van der Waals surface area (Å²) < 4.78 is 29.1. The van der Waals surface area contributed by atoms with Gasteiger partial charge in [-0.2, -0.15) is 0 Å². The van der Waals surface area contributed by atoms with Gasteiger partial charge in [0.05, 0.1) is 16.5 Å². The first-order valence-electron chi connectivity index (χ1n) is 5.23. The van der Waals surface area contributed by atoms with E-state index in [1.54, 1.807) is 18.2 Å². The molecule has 0 aliphatic rings. The Morgan fingerprint density at radius 2 is 2.06 bits per heavy atom. The highest BCUT2D eigenvalue weighted by Crippen LogP contribution is 2.27. The van der Waals surface area contributed by atoms with E-state index in [-0.39, 0.29) is 18.1 Å². The molecule has 0 heterocycles. The van der Waals surface area contributed by atoms with Crippen molar-refractivity contribution >= 4 is 37.4 Å². The van der Waals surface area contributed by atoms with Crippen molar-refractivity contribution in [2.45, 2.75) is 13.3 Å². The average Bonchev–Trinajstić information content (AvgIpc) is 2.23. The third-order valence-corrected chi connectivity index (χ3v) is 4.68. The zero-order chi connectivity index (χ0) is 12.9. The van der Waals surface area contributed by atoms with Gasteiger partial charge in [0.25, 0.3) is 0 Å². The highest BCUT2D eigenvalue weighted by molar-refractivity contribution is 9.10. The lowest BCUT2D eigenvalue weighted by atomic mass is 10.3. The first kappa shape index (κ1) is 14.8. The Morgan fingerprint density at radius 3 is 2.71 bits per heavy atom. The van der Waals surface area contributed by atoms with E-state index >= 15 is 0 Å². The van der Waals surface area contributed by atoms with Crippen LogP contribution in [-0.2, 0) is 9.84 Å². The summed E-state index contributed by atoms with van der Waals surface area (Å²) >= 11 is 9.21. The molecule has 17 heavy (non-hydrogen) atoms. The van der Waals surface area contributed by atoms with E-state index in [0.717, 1.165) is 4.47 Å². The molecule has 0 amide bonds. The van der Waals surface area contributed by atoms with Gasteiger partial charge in [0.1, 0.15) is 12.4 Å². The van der Waals surface area contributed by atoms with Crippen molar-refractivity contribution in [1.29, 1.82) is 0 Å². The molecule has 0 bridgehead atoms. The van der Waals surface area contributed by atoms with Crippen LogP contribution in [0.3, 0.4) is 0 Å². The van der Waals surface area contributed by atoms with Crippen LogP contribution in [0.1, 0.15) is 13.3 Å². The highest BCUT2D eigenvalue weighted by atomic mass is 79.9. The van der Waals surface area contributed by atoms with Crippen molar-refractivity contribution in [2.75, 3.05) is 18.1 Å². The molecular weight excluding hydrogens is 328 g/mol. The van der Waals surface area contributed by atoms with E-state index in [4.69, 9.17) is 16.3 Å². The summed E-state index contributed by atoms with van der Waals surface area (Å²) in [5.41, 5.74) is 0. The summed E-state index contributed by atoms with van der Waals surface area (Å²) in [6, 6.07) is 5.21. The molecule has 96 valence electrons. The zero-order valence-corrected chi connectivity index (χ0v) is 12.6. The highest BCUT2D eigenvalue weighted by Gasteiger charge is 2.10. The Labute approximate surface area is 115 Å². The molecule has 1 rings (SSSR count). The maximum Gasteiger partial charge on any atom is 0.153 e. The van der Waals surface area contributed by atoms with Crippen LogP contribution >= 0.6 is 27.5 Å². The molecule has 0 aliphatic heterocycles. The monoisotopic (exact) mass is 340 g/mol. The van der Waals surface area contributed by atoms with Gasteiger partial charge in [-0.05, 0) is 24.6 Å². The molecule has 0 atom stereocenters. The predicted octanol–water partition coefficient (Wildman–Crippen LogP) is 3.31. The van der Waals surface area contributed by atoms with E-state index in [9.17, 15) is 8.42 Å². The number of halogens is 2. The fraction of sp³-hybridized carbons (Fsp3) is 0.455. The molecule has 0 fully saturated rings. The van der Waals surface area contributed by atoms with Gasteiger partial charge in [0, 0.05) is 4.47 Å². The second-order valence-electron chi connectivity index (χ2n) is 3.58. The van der Waals surface area contributed by atoms with Crippen LogP contribution in [0, 0.1) is 0 Å². The fourth-order valence-electron chi connectivity index (χ4n) is 1.28. The Kier molecular flexibility index (Phi) is 5.76. The van der Waals surface area contributed by atoms with Crippen LogP contribution in [0.15, 0.2) is 22.7 Å². The van der Waals surface area contributed by atoms with Gasteiger partial charge < -0.3 is 4.74 Å². The Hall–Kier alpha value is -0.260. The first-order chi connectivity index (χ1) is 7.94. The van der Waals surface area contributed by atoms with E-state index in [1.807, 2.05) is 6.92 Å². The van der Waals surface area contributed by atoms with Gasteiger partial charge in [0.2, 0.25) is 0 Å². The average molecular weight is 342 g/mol. The van der Waals surface area contributed by atoms with Gasteiger partial charge in [0.15, 0.2) is 9.84 Å². The van der Waals surface area contributed by atoms with Crippen LogP contribution in [0.5, 0.6) is 5.75 Å². The van der Waals surface area contributed by atoms with Crippen molar-refractivity contribution in [3.05, 3.63) is 27.7 Å². The standard InChI is InChI=1S/C11H14BrClO3S/c1-2-6-17(14,15)7-5-16-11-8-9(12)3-4-10(11)13/h3-4,8H,2,5-7H2,1H3. The van der Waals surface area contributed by atoms with Crippen LogP contribution < -0.4 is 4.74 Å². The number of rotatable bonds is 6. The lowest BCUT2D eigenvalue weighted by Gasteiger charge is -2.08. The third kappa shape index (κ3) is 5.27. The third-order valence-electron chi connectivity index (χ3n) is 2.06. The van der Waals surface area contributed by atoms with Crippen LogP contribution in [0.25, 0.3) is 0 Å². The topological polar surface area (TPSA) is 43.4 Å². The number of benzene rings is 1. The van der Waals surface area contributed by atoms with Crippen molar-refractivity contribution in [2.24, 2.45) is 0 Å². The molecule has 0 aliphatic carbocycles. The SMILES string of the molecule is CCCS(=O)(=O)CCOc1cc(Br)ccc1Cl. The molecule has 3 nitrogen and oxygen atoms in total. The van der Waals surface area contributed by atoms with Crippen LogP contribution in [0.4, 0.5) is 0 Å². The van der Waals surface area contributed by atoms with Gasteiger partial charge >= 0.3 is 0 Å². The lowest BCUT2D eigenvalue weighted by molar-refractivity contribution is 0.341. The van der Waals surface area contributed by atoms with Crippen molar-refractivity contribution in [3.8, 4) is 5.75 Å². The summed E-state index contributed by atoms with van der Waals surface area (Å²) in [5.74, 6) is 0.708. The van der Waals surface area contributed by atoms with Crippen LogP contribution in [-0.4, -0.2) is 26.5 Å². The lowest BCUT2D eigenvalue weighted by Crippen LogP contribution is -2.16. The fourth-order valence-corrected chi connectivity index (χ4v) is 2.96. The second kappa shape index (κ2) is 6.61. The maximum atomic E-state index is 11.5. The summed E-state index contributed by atoms with van der Waals surface area (Å²) in [4.78, 5) is 0. The first-order valence-corrected chi connectivity index (χ1v) is 8.22. The zero-order valence-electron chi connectivity index (χ0n) is 9.45. The molecule has 0 saturated heterocycles. The molecule has 0 aromatic heterocycles. The van der Waals surface area contributed by atoms with E-state index in [0.29, 0.717) is 17.2 Å². The molecule has 0 N–H and O–H groups in total. The van der Waals surface area contributed by atoms with Gasteiger partial charge in [-0.15, -0.1) is 0 Å². The van der Waals surface area contributed by atoms with E-state index in [1.165, 1.54) is 0 Å². The molecular formula is C11H14BrClO3S. The minimum absolute atomic E-state index is 0.0175. The minimum Gasteiger partial charge on any atom is -0.491 e. The molecule has 0 radical (unpaired) electrons. The Morgan fingerprint density at radius 1 is 1.35 bits per heavy atom. The number of hydrogen-bond donors (Lipinski definition) is 0. The van der Waals surface area contributed by atoms with E-state index < -0.39 is 9.84 Å². The largest absolute Gasteiger partial charge is 0.491 e. The molecule has 0 saturated carbocycles. The Balaban J connectivity index is 2.54. The van der Waals surface area contributed by atoms with E-state index in [2.05, 4.69) is 15.9 Å². The number of hydrogen-bond acceptors (Lipinski definition) is 3. The minimum atomic E-state index is -3.00. The smallest absolute Gasteiger partial charge is 0.153 e. The number of ether oxygens (including phenoxy) is 1. The van der Waals surface area contributed by atoms with Crippen LogP contribution in [0.2, 0.25) is 5.02 Å². The van der Waals surface area contributed by atoms with Gasteiger partial charge in [-0.25, -0.2) is 8.42 Å². The second-order valence-corrected chi connectivity index (χ2v) is 7.20. The quantitative estimate of drug-likeness (QED) is 0.797. The molecule has 1 aromatic rings.